The highest BCUT2D eigenvalue weighted by Gasteiger charge is 2.14. The van der Waals surface area contributed by atoms with Crippen molar-refractivity contribution in [3.05, 3.63) is 28.2 Å². The molecule has 7 heteroatoms. The van der Waals surface area contributed by atoms with E-state index in [9.17, 15) is 9.59 Å². The molecule has 2 amide bonds. The number of nitrogens with two attached hydrogens (primary N) is 1. The first-order valence-electron chi connectivity index (χ1n) is 6.33. The second kappa shape index (κ2) is 8.24. The molecule has 0 saturated heterocycles. The molecule has 0 aromatic heterocycles. The van der Waals surface area contributed by atoms with Crippen molar-refractivity contribution in [1.29, 1.82) is 0 Å². The lowest BCUT2D eigenvalue weighted by Gasteiger charge is -2.20. The van der Waals surface area contributed by atoms with Gasteiger partial charge in [-0.25, -0.2) is 0 Å². The number of amides is 2. The predicted molar refractivity (Wildman–Crippen MR) is 90.6 cm³/mol. The van der Waals surface area contributed by atoms with Gasteiger partial charge in [-0.1, -0.05) is 15.9 Å². The Labute approximate surface area is 139 Å². The Hall–Kier alpha value is -1.27. The van der Waals surface area contributed by atoms with Crippen LogP contribution in [0.3, 0.4) is 0 Å². The van der Waals surface area contributed by atoms with Gasteiger partial charge in [0.25, 0.3) is 5.91 Å². The van der Waals surface area contributed by atoms with E-state index in [0.717, 1.165) is 4.47 Å². The van der Waals surface area contributed by atoms with Crippen molar-refractivity contribution in [3.8, 4) is 0 Å². The van der Waals surface area contributed by atoms with Crippen LogP contribution in [0.2, 0.25) is 0 Å². The average Bonchev–Trinajstić information content (AvgIpc) is 2.25. The van der Waals surface area contributed by atoms with Gasteiger partial charge in [-0.05, 0) is 39.0 Å². The monoisotopic (exact) mass is 377 g/mol. The van der Waals surface area contributed by atoms with Gasteiger partial charge in [0.05, 0.1) is 5.56 Å². The fraction of sp³-hybridized carbons (Fsp3) is 0.429. The van der Waals surface area contributed by atoms with Gasteiger partial charge >= 0.3 is 0 Å². The third kappa shape index (κ3) is 7.34. The Bertz CT molecular complexity index is 515. The maximum absolute atomic E-state index is 11.9. The predicted octanol–water partition coefficient (Wildman–Crippen LogP) is 2.49. The first kappa shape index (κ1) is 19.7. The summed E-state index contributed by atoms with van der Waals surface area (Å²) in [5.74, 6) is -0.375. The van der Waals surface area contributed by atoms with Crippen molar-refractivity contribution in [3.63, 3.8) is 0 Å². The van der Waals surface area contributed by atoms with Crippen LogP contribution >= 0.6 is 28.3 Å². The minimum absolute atomic E-state index is 0. The van der Waals surface area contributed by atoms with E-state index in [0.29, 0.717) is 11.3 Å². The Balaban J connectivity index is 0.00000400. The molecule has 21 heavy (non-hydrogen) atoms. The van der Waals surface area contributed by atoms with Crippen LogP contribution < -0.4 is 16.4 Å². The molecule has 0 aliphatic rings. The van der Waals surface area contributed by atoms with Crippen molar-refractivity contribution in [1.82, 2.24) is 10.6 Å². The van der Waals surface area contributed by atoms with E-state index in [4.69, 9.17) is 5.73 Å². The molecule has 0 fully saturated rings. The number of anilines is 1. The van der Waals surface area contributed by atoms with Crippen LogP contribution in [0.5, 0.6) is 0 Å². The van der Waals surface area contributed by atoms with Gasteiger partial charge in [-0.15, -0.1) is 12.4 Å². The zero-order valence-corrected chi connectivity index (χ0v) is 14.7. The van der Waals surface area contributed by atoms with Gasteiger partial charge in [-0.2, -0.15) is 0 Å². The highest BCUT2D eigenvalue weighted by atomic mass is 79.9. The molecule has 0 heterocycles. The summed E-state index contributed by atoms with van der Waals surface area (Å²) in [5, 5.41) is 5.51. The van der Waals surface area contributed by atoms with Crippen LogP contribution in [0.15, 0.2) is 22.7 Å². The third-order valence-electron chi connectivity index (χ3n) is 2.41. The van der Waals surface area contributed by atoms with Gasteiger partial charge in [0.2, 0.25) is 5.91 Å². The van der Waals surface area contributed by atoms with E-state index in [-0.39, 0.29) is 42.7 Å². The Morgan fingerprint density at radius 3 is 2.43 bits per heavy atom. The lowest BCUT2D eigenvalue weighted by Crippen LogP contribution is -2.42. The Kier molecular flexibility index (Phi) is 7.74. The molecule has 4 N–H and O–H groups in total. The van der Waals surface area contributed by atoms with Crippen LogP contribution in [0.1, 0.15) is 37.6 Å². The number of carbonyl (C=O) groups excluding carboxylic acids is 2. The summed E-state index contributed by atoms with van der Waals surface area (Å²) in [6.07, 6.45) is 0.236. The zero-order chi connectivity index (χ0) is 15.3. The topological polar surface area (TPSA) is 84.2 Å². The number of hydrogen-bond acceptors (Lipinski definition) is 3. The number of halogens is 2. The molecule has 1 aromatic carbocycles. The van der Waals surface area contributed by atoms with Crippen LogP contribution in [-0.2, 0) is 4.79 Å². The van der Waals surface area contributed by atoms with Crippen molar-refractivity contribution >= 4 is 45.8 Å². The summed E-state index contributed by atoms with van der Waals surface area (Å²) < 4.78 is 0.816. The number of nitrogen functional groups attached to an aromatic ring is 1. The molecule has 0 aliphatic carbocycles. The van der Waals surface area contributed by atoms with Crippen LogP contribution in [0.4, 0.5) is 5.69 Å². The molecular weight excluding hydrogens is 358 g/mol. The molecule has 0 radical (unpaired) electrons. The number of nitrogens with one attached hydrogen (secondary N) is 2. The number of benzene rings is 1. The Morgan fingerprint density at radius 2 is 1.90 bits per heavy atom. The Morgan fingerprint density at radius 1 is 1.29 bits per heavy atom. The molecule has 118 valence electrons. The standard InChI is InChI=1S/C14H20BrN3O2.ClH/c1-14(2,3)18-12(19)6-7-17-13(20)10-5-4-9(15)8-11(10)16;/h4-5,8H,6-7,16H2,1-3H3,(H,17,20)(H,18,19);1H. The maximum Gasteiger partial charge on any atom is 0.253 e. The minimum atomic E-state index is -0.279. The molecule has 1 aromatic rings. The third-order valence-corrected chi connectivity index (χ3v) is 2.90. The summed E-state index contributed by atoms with van der Waals surface area (Å²) in [7, 11) is 0. The van der Waals surface area contributed by atoms with E-state index in [1.807, 2.05) is 20.8 Å². The summed E-state index contributed by atoms with van der Waals surface area (Å²) in [4.78, 5) is 23.5. The summed E-state index contributed by atoms with van der Waals surface area (Å²) in [6.45, 7) is 6.00. The fourth-order valence-electron chi connectivity index (χ4n) is 1.61. The fourth-order valence-corrected chi connectivity index (χ4v) is 1.98. The molecule has 0 spiro atoms. The first-order valence-corrected chi connectivity index (χ1v) is 7.12. The van der Waals surface area contributed by atoms with Crippen molar-refractivity contribution in [2.75, 3.05) is 12.3 Å². The van der Waals surface area contributed by atoms with Crippen molar-refractivity contribution in [2.24, 2.45) is 0 Å². The SMILES string of the molecule is CC(C)(C)NC(=O)CCNC(=O)c1ccc(Br)cc1N.Cl. The summed E-state index contributed by atoms with van der Waals surface area (Å²) in [6, 6.07) is 5.06. The van der Waals surface area contributed by atoms with Crippen molar-refractivity contribution < 1.29 is 9.59 Å². The largest absolute Gasteiger partial charge is 0.398 e. The van der Waals surface area contributed by atoms with Gasteiger partial charge in [0.1, 0.15) is 0 Å². The lowest BCUT2D eigenvalue weighted by atomic mass is 10.1. The van der Waals surface area contributed by atoms with E-state index in [2.05, 4.69) is 26.6 Å². The second-order valence-corrected chi connectivity index (χ2v) is 6.45. The van der Waals surface area contributed by atoms with E-state index < -0.39 is 0 Å². The molecule has 0 unspecified atom stereocenters. The second-order valence-electron chi connectivity index (χ2n) is 5.54. The molecule has 1 rings (SSSR count). The smallest absolute Gasteiger partial charge is 0.253 e. The van der Waals surface area contributed by atoms with Gasteiger partial charge in [-0.3, -0.25) is 9.59 Å². The van der Waals surface area contributed by atoms with Crippen LogP contribution in [0.25, 0.3) is 0 Å². The summed E-state index contributed by atoms with van der Waals surface area (Å²) >= 11 is 3.28. The van der Waals surface area contributed by atoms with Crippen LogP contribution in [-0.4, -0.2) is 23.9 Å². The highest BCUT2D eigenvalue weighted by molar-refractivity contribution is 9.10. The zero-order valence-electron chi connectivity index (χ0n) is 12.3. The van der Waals surface area contributed by atoms with Gasteiger partial charge in [0, 0.05) is 28.7 Å². The van der Waals surface area contributed by atoms with Crippen molar-refractivity contribution in [2.45, 2.75) is 32.7 Å². The number of hydrogen-bond donors (Lipinski definition) is 3. The van der Waals surface area contributed by atoms with Gasteiger partial charge < -0.3 is 16.4 Å². The van der Waals surface area contributed by atoms with E-state index in [1.165, 1.54) is 0 Å². The normalized spacial score (nSPS) is 10.5. The molecule has 0 bridgehead atoms. The molecule has 0 atom stereocenters. The minimum Gasteiger partial charge on any atom is -0.398 e. The lowest BCUT2D eigenvalue weighted by molar-refractivity contribution is -0.122. The number of rotatable bonds is 4. The average molecular weight is 379 g/mol. The van der Waals surface area contributed by atoms with Gasteiger partial charge in [0.15, 0.2) is 0 Å². The van der Waals surface area contributed by atoms with Crippen LogP contribution in [0, 0.1) is 0 Å². The molecular formula is C14H21BrClN3O2. The molecule has 0 aliphatic heterocycles. The van der Waals surface area contributed by atoms with E-state index >= 15 is 0 Å². The maximum atomic E-state index is 11.9. The highest BCUT2D eigenvalue weighted by Crippen LogP contribution is 2.18. The van der Waals surface area contributed by atoms with E-state index in [1.54, 1.807) is 18.2 Å². The number of carbonyl (C=O) groups is 2. The summed E-state index contributed by atoms with van der Waals surface area (Å²) in [5.41, 5.74) is 6.31. The molecule has 5 nitrogen and oxygen atoms in total. The molecule has 0 saturated carbocycles. The first-order chi connectivity index (χ1) is 9.19. The quantitative estimate of drug-likeness (QED) is 0.704.